The Morgan fingerprint density at radius 2 is 2.03 bits per heavy atom. The van der Waals surface area contributed by atoms with Gasteiger partial charge in [0, 0.05) is 19.2 Å². The van der Waals surface area contributed by atoms with Gasteiger partial charge in [0.25, 0.3) is 0 Å². The third-order valence-corrected chi connectivity index (χ3v) is 4.38. The van der Waals surface area contributed by atoms with Crippen LogP contribution < -0.4 is 15.4 Å². The van der Waals surface area contributed by atoms with Crippen LogP contribution >= 0.6 is 24.0 Å². The minimum atomic E-state index is -0.361. The third-order valence-electron chi connectivity index (χ3n) is 4.38. The molecular weight excluding hydrogens is 498 g/mol. The molecule has 3 rings (SSSR count). The maximum absolute atomic E-state index is 13.8. The van der Waals surface area contributed by atoms with Gasteiger partial charge in [0.05, 0.1) is 6.54 Å². The van der Waals surface area contributed by atoms with Gasteiger partial charge in [0.2, 0.25) is 0 Å². The molecule has 1 aromatic heterocycles. The summed E-state index contributed by atoms with van der Waals surface area (Å²) in [5.41, 5.74) is 2.05. The molecular formula is C21H26FIN6O. The van der Waals surface area contributed by atoms with E-state index in [-0.39, 0.29) is 41.6 Å². The molecule has 30 heavy (non-hydrogen) atoms. The lowest BCUT2D eigenvalue weighted by atomic mass is 10.1. The van der Waals surface area contributed by atoms with Gasteiger partial charge < -0.3 is 15.4 Å². The number of nitrogens with zero attached hydrogens (tertiary/aromatic N) is 3. The van der Waals surface area contributed by atoms with E-state index in [1.54, 1.807) is 25.2 Å². The number of aliphatic imine (C=N–C) groups is 1. The quantitative estimate of drug-likeness (QED) is 0.238. The zero-order valence-electron chi connectivity index (χ0n) is 16.9. The minimum absolute atomic E-state index is 0. The molecule has 7 nitrogen and oxygen atoms in total. The SMILES string of the molecule is CCC(CNC(=NC)NCc1cccc(-c2ncn[nH]2)c1)Oc1ccccc1F.I. The van der Waals surface area contributed by atoms with E-state index in [4.69, 9.17) is 4.74 Å². The van der Waals surface area contributed by atoms with Gasteiger partial charge >= 0.3 is 0 Å². The fraction of sp³-hybridized carbons (Fsp3) is 0.286. The molecule has 0 bridgehead atoms. The van der Waals surface area contributed by atoms with Crippen molar-refractivity contribution < 1.29 is 9.13 Å². The molecule has 0 fully saturated rings. The van der Waals surface area contributed by atoms with Crippen molar-refractivity contribution >= 4 is 29.9 Å². The monoisotopic (exact) mass is 524 g/mol. The van der Waals surface area contributed by atoms with Crippen molar-refractivity contribution in [1.29, 1.82) is 0 Å². The van der Waals surface area contributed by atoms with E-state index in [0.29, 0.717) is 19.0 Å². The van der Waals surface area contributed by atoms with Crippen molar-refractivity contribution in [2.24, 2.45) is 4.99 Å². The first kappa shape index (κ1) is 23.6. The summed E-state index contributed by atoms with van der Waals surface area (Å²) < 4.78 is 19.6. The Hall–Kier alpha value is -2.69. The van der Waals surface area contributed by atoms with Gasteiger partial charge in [-0.15, -0.1) is 24.0 Å². The summed E-state index contributed by atoms with van der Waals surface area (Å²) in [6.45, 7) is 3.09. The Bertz CT molecular complexity index is 935. The Balaban J connectivity index is 0.00000320. The van der Waals surface area contributed by atoms with Crippen molar-refractivity contribution in [3.63, 3.8) is 0 Å². The molecule has 1 atom stereocenters. The van der Waals surface area contributed by atoms with Crippen LogP contribution in [0.3, 0.4) is 0 Å². The van der Waals surface area contributed by atoms with Crippen LogP contribution in [0.1, 0.15) is 18.9 Å². The number of ether oxygens (including phenoxy) is 1. The smallest absolute Gasteiger partial charge is 0.191 e. The number of guanidine groups is 1. The predicted molar refractivity (Wildman–Crippen MR) is 127 cm³/mol. The molecule has 0 spiro atoms. The highest BCUT2D eigenvalue weighted by Gasteiger charge is 2.12. The van der Waals surface area contributed by atoms with Gasteiger partial charge in [-0.25, -0.2) is 9.37 Å². The standard InChI is InChI=1S/C21H25FN6O.HI/c1-3-17(29-19-10-5-4-9-18(19)22)13-25-21(23-2)24-12-15-7-6-8-16(11-15)20-26-14-27-28-20;/h4-11,14,17H,3,12-13H2,1-2H3,(H2,23,24,25)(H,26,27,28);1H. The summed E-state index contributed by atoms with van der Waals surface area (Å²) in [5, 5.41) is 13.3. The van der Waals surface area contributed by atoms with Crippen LogP contribution in [0.15, 0.2) is 59.9 Å². The molecule has 0 aliphatic carbocycles. The highest BCUT2D eigenvalue weighted by Crippen LogP contribution is 2.18. The number of rotatable bonds is 8. The lowest BCUT2D eigenvalue weighted by Crippen LogP contribution is -2.42. The zero-order chi connectivity index (χ0) is 20.5. The first-order valence-corrected chi connectivity index (χ1v) is 9.50. The minimum Gasteiger partial charge on any atom is -0.486 e. The lowest BCUT2D eigenvalue weighted by molar-refractivity contribution is 0.191. The van der Waals surface area contributed by atoms with E-state index in [2.05, 4.69) is 30.8 Å². The van der Waals surface area contributed by atoms with Gasteiger partial charge in [0.1, 0.15) is 12.4 Å². The molecule has 3 aromatic rings. The number of aromatic nitrogens is 3. The van der Waals surface area contributed by atoms with Gasteiger partial charge in [-0.3, -0.25) is 10.1 Å². The molecule has 0 amide bonds. The number of aromatic amines is 1. The van der Waals surface area contributed by atoms with Crippen molar-refractivity contribution in [3.8, 4) is 17.1 Å². The molecule has 0 saturated carbocycles. The Labute approximate surface area is 192 Å². The maximum Gasteiger partial charge on any atom is 0.191 e. The first-order valence-electron chi connectivity index (χ1n) is 9.50. The largest absolute Gasteiger partial charge is 0.486 e. The fourth-order valence-electron chi connectivity index (χ4n) is 2.78. The number of hydrogen-bond acceptors (Lipinski definition) is 4. The molecule has 0 aliphatic heterocycles. The van der Waals surface area contributed by atoms with Crippen LogP contribution in [0, 0.1) is 5.82 Å². The third kappa shape index (κ3) is 6.68. The number of nitrogens with one attached hydrogen (secondary N) is 3. The Morgan fingerprint density at radius 1 is 1.20 bits per heavy atom. The number of para-hydroxylation sites is 1. The normalized spacial score (nSPS) is 12.0. The average molecular weight is 524 g/mol. The maximum atomic E-state index is 13.8. The van der Waals surface area contributed by atoms with Gasteiger partial charge in [-0.2, -0.15) is 5.10 Å². The van der Waals surface area contributed by atoms with Crippen molar-refractivity contribution in [3.05, 3.63) is 66.2 Å². The highest BCUT2D eigenvalue weighted by molar-refractivity contribution is 14.0. The number of H-pyrrole nitrogens is 1. The molecule has 0 aliphatic rings. The summed E-state index contributed by atoms with van der Waals surface area (Å²) in [6.07, 6.45) is 2.04. The fourth-order valence-corrected chi connectivity index (χ4v) is 2.78. The highest BCUT2D eigenvalue weighted by atomic mass is 127. The summed E-state index contributed by atoms with van der Waals surface area (Å²) in [5.74, 6) is 1.27. The number of hydrogen-bond donors (Lipinski definition) is 3. The molecule has 2 aromatic carbocycles. The van der Waals surface area contributed by atoms with E-state index in [0.717, 1.165) is 23.4 Å². The van der Waals surface area contributed by atoms with Crippen LogP contribution in [0.25, 0.3) is 11.4 Å². The number of benzene rings is 2. The average Bonchev–Trinajstić information content (AvgIpc) is 3.29. The van der Waals surface area contributed by atoms with Crippen molar-refractivity contribution in [2.75, 3.05) is 13.6 Å². The van der Waals surface area contributed by atoms with Crippen LogP contribution in [0.4, 0.5) is 4.39 Å². The molecule has 3 N–H and O–H groups in total. The number of halogens is 2. The van der Waals surface area contributed by atoms with Crippen molar-refractivity contribution in [2.45, 2.75) is 26.0 Å². The van der Waals surface area contributed by atoms with Crippen LogP contribution in [-0.2, 0) is 6.54 Å². The Kier molecular flexibility index (Phi) is 9.52. The molecule has 160 valence electrons. The summed E-state index contributed by atoms with van der Waals surface area (Å²) in [7, 11) is 1.71. The summed E-state index contributed by atoms with van der Waals surface area (Å²) in [4.78, 5) is 8.42. The zero-order valence-corrected chi connectivity index (χ0v) is 19.3. The summed E-state index contributed by atoms with van der Waals surface area (Å²) in [6, 6.07) is 14.4. The Morgan fingerprint density at radius 3 is 2.73 bits per heavy atom. The molecule has 1 heterocycles. The van der Waals surface area contributed by atoms with Crippen molar-refractivity contribution in [1.82, 2.24) is 25.8 Å². The van der Waals surface area contributed by atoms with E-state index in [1.165, 1.54) is 12.4 Å². The van der Waals surface area contributed by atoms with Crippen LogP contribution in [-0.4, -0.2) is 40.8 Å². The first-order chi connectivity index (χ1) is 14.2. The molecule has 1 unspecified atom stereocenters. The summed E-state index contributed by atoms with van der Waals surface area (Å²) >= 11 is 0. The van der Waals surface area contributed by atoms with E-state index in [9.17, 15) is 4.39 Å². The van der Waals surface area contributed by atoms with E-state index in [1.807, 2.05) is 31.2 Å². The predicted octanol–water partition coefficient (Wildman–Crippen LogP) is 3.75. The molecule has 0 radical (unpaired) electrons. The topological polar surface area (TPSA) is 87.2 Å². The van der Waals surface area contributed by atoms with Gasteiger partial charge in [0.15, 0.2) is 23.4 Å². The second-order valence-corrected chi connectivity index (χ2v) is 6.42. The van der Waals surface area contributed by atoms with Gasteiger partial charge in [-0.05, 0) is 30.2 Å². The molecule has 9 heteroatoms. The van der Waals surface area contributed by atoms with Gasteiger partial charge in [-0.1, -0.05) is 37.3 Å². The van der Waals surface area contributed by atoms with E-state index < -0.39 is 0 Å². The second-order valence-electron chi connectivity index (χ2n) is 6.42. The lowest BCUT2D eigenvalue weighted by Gasteiger charge is -2.20. The second kappa shape index (κ2) is 12.1. The van der Waals surface area contributed by atoms with E-state index >= 15 is 0 Å². The van der Waals surface area contributed by atoms with Crippen LogP contribution in [0.2, 0.25) is 0 Å². The van der Waals surface area contributed by atoms with Crippen LogP contribution in [0.5, 0.6) is 5.75 Å². The molecule has 0 saturated heterocycles.